The van der Waals surface area contributed by atoms with E-state index in [1.807, 2.05) is 24.3 Å². The average Bonchev–Trinajstić information content (AvgIpc) is 2.72. The van der Waals surface area contributed by atoms with Crippen LogP contribution in [0.5, 0.6) is 5.75 Å². The number of hydrogen-bond donors (Lipinski definition) is 2. The smallest absolute Gasteiger partial charge is 0.138 e. The Labute approximate surface area is 106 Å². The number of phenols is 1. The van der Waals surface area contributed by atoms with Crippen molar-refractivity contribution in [3.8, 4) is 17.1 Å². The van der Waals surface area contributed by atoms with E-state index in [-0.39, 0.29) is 5.75 Å². The summed E-state index contributed by atoms with van der Waals surface area (Å²) in [6, 6.07) is 13.0. The molecular formula is C13H9BrN2O. The zero-order valence-corrected chi connectivity index (χ0v) is 10.4. The quantitative estimate of drug-likeness (QED) is 0.717. The lowest BCUT2D eigenvalue weighted by molar-refractivity contribution is 0.476. The predicted octanol–water partition coefficient (Wildman–Crippen LogP) is 3.70. The van der Waals surface area contributed by atoms with Crippen molar-refractivity contribution in [1.82, 2.24) is 9.97 Å². The normalized spacial score (nSPS) is 10.9. The first-order valence-electron chi connectivity index (χ1n) is 5.17. The third-order valence-corrected chi connectivity index (χ3v) is 3.11. The van der Waals surface area contributed by atoms with Crippen LogP contribution in [0.3, 0.4) is 0 Å². The lowest BCUT2D eigenvalue weighted by atomic mass is 10.2. The van der Waals surface area contributed by atoms with Crippen molar-refractivity contribution in [2.45, 2.75) is 0 Å². The van der Waals surface area contributed by atoms with E-state index < -0.39 is 0 Å². The third kappa shape index (κ3) is 1.91. The van der Waals surface area contributed by atoms with Crippen molar-refractivity contribution in [2.24, 2.45) is 0 Å². The predicted molar refractivity (Wildman–Crippen MR) is 70.9 cm³/mol. The van der Waals surface area contributed by atoms with Gasteiger partial charge in [-0.3, -0.25) is 0 Å². The van der Waals surface area contributed by atoms with Crippen LogP contribution >= 0.6 is 15.9 Å². The minimum atomic E-state index is 0.239. The molecule has 3 nitrogen and oxygen atoms in total. The van der Waals surface area contributed by atoms with Crippen LogP contribution in [0.4, 0.5) is 0 Å². The highest BCUT2D eigenvalue weighted by Gasteiger charge is 2.05. The molecular weight excluding hydrogens is 280 g/mol. The number of benzene rings is 2. The van der Waals surface area contributed by atoms with Gasteiger partial charge in [-0.15, -0.1) is 0 Å². The van der Waals surface area contributed by atoms with E-state index in [0.29, 0.717) is 0 Å². The van der Waals surface area contributed by atoms with Gasteiger partial charge in [0.05, 0.1) is 11.0 Å². The molecule has 0 fully saturated rings. The molecule has 1 heterocycles. The van der Waals surface area contributed by atoms with Gasteiger partial charge in [0, 0.05) is 16.1 Å². The number of aromatic amines is 1. The molecule has 0 bridgehead atoms. The largest absolute Gasteiger partial charge is 0.508 e. The van der Waals surface area contributed by atoms with Crippen molar-refractivity contribution in [2.75, 3.05) is 0 Å². The van der Waals surface area contributed by atoms with Crippen LogP contribution in [0.2, 0.25) is 0 Å². The van der Waals surface area contributed by atoms with E-state index in [0.717, 1.165) is 26.9 Å². The summed E-state index contributed by atoms with van der Waals surface area (Å²) in [4.78, 5) is 7.66. The molecule has 0 saturated carbocycles. The molecule has 0 atom stereocenters. The van der Waals surface area contributed by atoms with E-state index >= 15 is 0 Å². The lowest BCUT2D eigenvalue weighted by Gasteiger charge is -1.95. The Morgan fingerprint density at radius 1 is 1.06 bits per heavy atom. The standard InChI is InChI=1S/C13H9BrN2O/c14-9-3-1-8(2-4-9)13-15-11-6-5-10(17)7-12(11)16-13/h1-7,17H,(H,15,16). The third-order valence-electron chi connectivity index (χ3n) is 2.58. The summed E-state index contributed by atoms with van der Waals surface area (Å²) in [5.74, 6) is 1.04. The zero-order valence-electron chi connectivity index (χ0n) is 8.81. The summed E-state index contributed by atoms with van der Waals surface area (Å²) >= 11 is 3.40. The number of H-pyrrole nitrogens is 1. The maximum absolute atomic E-state index is 9.39. The summed E-state index contributed by atoms with van der Waals surface area (Å²) in [7, 11) is 0. The lowest BCUT2D eigenvalue weighted by Crippen LogP contribution is -1.78. The molecule has 3 rings (SSSR count). The molecule has 0 amide bonds. The molecule has 0 aliphatic carbocycles. The first-order chi connectivity index (χ1) is 8.22. The van der Waals surface area contributed by atoms with E-state index in [2.05, 4.69) is 25.9 Å². The van der Waals surface area contributed by atoms with E-state index in [9.17, 15) is 5.11 Å². The number of fused-ring (bicyclic) bond motifs is 1. The summed E-state index contributed by atoms with van der Waals surface area (Å²) < 4.78 is 1.04. The summed E-state index contributed by atoms with van der Waals surface area (Å²) in [6.07, 6.45) is 0. The number of nitrogens with one attached hydrogen (secondary N) is 1. The molecule has 1 aromatic heterocycles. The van der Waals surface area contributed by atoms with Crippen molar-refractivity contribution >= 4 is 27.0 Å². The van der Waals surface area contributed by atoms with Gasteiger partial charge in [0.2, 0.25) is 0 Å². The van der Waals surface area contributed by atoms with Gasteiger partial charge in [0.1, 0.15) is 11.6 Å². The molecule has 2 N–H and O–H groups in total. The number of hydrogen-bond acceptors (Lipinski definition) is 2. The van der Waals surface area contributed by atoms with Crippen LogP contribution in [-0.2, 0) is 0 Å². The van der Waals surface area contributed by atoms with Crippen LogP contribution < -0.4 is 0 Å². The number of halogens is 1. The molecule has 3 aromatic rings. The highest BCUT2D eigenvalue weighted by molar-refractivity contribution is 9.10. The molecule has 0 unspecified atom stereocenters. The Morgan fingerprint density at radius 3 is 2.59 bits per heavy atom. The fourth-order valence-electron chi connectivity index (χ4n) is 1.74. The molecule has 17 heavy (non-hydrogen) atoms. The van der Waals surface area contributed by atoms with Gasteiger partial charge in [0.15, 0.2) is 0 Å². The van der Waals surface area contributed by atoms with Gasteiger partial charge in [-0.2, -0.15) is 0 Å². The number of aromatic nitrogens is 2. The molecule has 84 valence electrons. The van der Waals surface area contributed by atoms with Crippen molar-refractivity contribution in [3.63, 3.8) is 0 Å². The topological polar surface area (TPSA) is 48.9 Å². The molecule has 2 aromatic carbocycles. The molecule has 0 aliphatic heterocycles. The number of imidazole rings is 1. The van der Waals surface area contributed by atoms with E-state index in [4.69, 9.17) is 0 Å². The van der Waals surface area contributed by atoms with Crippen LogP contribution in [0.15, 0.2) is 46.9 Å². The highest BCUT2D eigenvalue weighted by Crippen LogP contribution is 2.24. The summed E-state index contributed by atoms with van der Waals surface area (Å²) in [6.45, 7) is 0. The monoisotopic (exact) mass is 288 g/mol. The minimum absolute atomic E-state index is 0.239. The second kappa shape index (κ2) is 3.89. The van der Waals surface area contributed by atoms with Gasteiger partial charge in [0.25, 0.3) is 0 Å². The van der Waals surface area contributed by atoms with Crippen LogP contribution in [0, 0.1) is 0 Å². The summed E-state index contributed by atoms with van der Waals surface area (Å²) in [5.41, 5.74) is 2.70. The Bertz CT molecular complexity index is 673. The first kappa shape index (κ1) is 10.4. The Morgan fingerprint density at radius 2 is 1.82 bits per heavy atom. The van der Waals surface area contributed by atoms with Gasteiger partial charge < -0.3 is 10.1 Å². The van der Waals surface area contributed by atoms with Crippen molar-refractivity contribution in [3.05, 3.63) is 46.9 Å². The van der Waals surface area contributed by atoms with E-state index in [1.54, 1.807) is 18.2 Å². The van der Waals surface area contributed by atoms with Gasteiger partial charge in [-0.25, -0.2) is 4.98 Å². The fraction of sp³-hybridized carbons (Fsp3) is 0. The second-order valence-corrected chi connectivity index (χ2v) is 4.71. The van der Waals surface area contributed by atoms with Crippen molar-refractivity contribution in [1.29, 1.82) is 0 Å². The van der Waals surface area contributed by atoms with E-state index in [1.165, 1.54) is 0 Å². The number of rotatable bonds is 1. The van der Waals surface area contributed by atoms with Gasteiger partial charge in [-0.1, -0.05) is 28.1 Å². The highest BCUT2D eigenvalue weighted by atomic mass is 79.9. The molecule has 0 radical (unpaired) electrons. The fourth-order valence-corrected chi connectivity index (χ4v) is 2.01. The molecule has 0 spiro atoms. The first-order valence-corrected chi connectivity index (χ1v) is 5.96. The second-order valence-electron chi connectivity index (χ2n) is 3.79. The van der Waals surface area contributed by atoms with Crippen LogP contribution in [0.1, 0.15) is 0 Å². The van der Waals surface area contributed by atoms with Crippen LogP contribution in [-0.4, -0.2) is 15.1 Å². The maximum Gasteiger partial charge on any atom is 0.138 e. The Kier molecular flexibility index (Phi) is 2.37. The number of nitrogens with zero attached hydrogens (tertiary/aromatic N) is 1. The SMILES string of the molecule is Oc1ccc2nc(-c3ccc(Br)cc3)[nH]c2c1. The average molecular weight is 289 g/mol. The molecule has 0 aliphatic rings. The maximum atomic E-state index is 9.39. The summed E-state index contributed by atoms with van der Waals surface area (Å²) in [5, 5.41) is 9.39. The molecule has 4 heteroatoms. The van der Waals surface area contributed by atoms with Gasteiger partial charge in [-0.05, 0) is 24.3 Å². The molecule has 0 saturated heterocycles. The number of aromatic hydroxyl groups is 1. The Hall–Kier alpha value is -1.81. The Balaban J connectivity index is 2.14. The van der Waals surface area contributed by atoms with Gasteiger partial charge >= 0.3 is 0 Å². The number of phenolic OH excluding ortho intramolecular Hbond substituents is 1. The zero-order chi connectivity index (χ0) is 11.8. The minimum Gasteiger partial charge on any atom is -0.508 e. The van der Waals surface area contributed by atoms with Crippen molar-refractivity contribution < 1.29 is 5.11 Å². The van der Waals surface area contributed by atoms with Crippen LogP contribution in [0.25, 0.3) is 22.4 Å².